The van der Waals surface area contributed by atoms with Crippen LogP contribution in [0, 0.1) is 12.7 Å². The van der Waals surface area contributed by atoms with Crippen LogP contribution in [0.1, 0.15) is 10.6 Å². The van der Waals surface area contributed by atoms with Crippen molar-refractivity contribution in [3.63, 3.8) is 0 Å². The number of azide groups is 1. The van der Waals surface area contributed by atoms with Gasteiger partial charge in [-0.1, -0.05) is 5.11 Å². The van der Waals surface area contributed by atoms with Gasteiger partial charge in [-0.15, -0.1) is 11.3 Å². The van der Waals surface area contributed by atoms with Crippen LogP contribution in [0.5, 0.6) is 0 Å². The van der Waals surface area contributed by atoms with Gasteiger partial charge in [-0.3, -0.25) is 4.68 Å². The van der Waals surface area contributed by atoms with Crippen molar-refractivity contribution in [2.24, 2.45) is 12.2 Å². The first-order chi connectivity index (χ1) is 8.11. The van der Waals surface area contributed by atoms with E-state index in [1.165, 1.54) is 17.4 Å². The summed E-state index contributed by atoms with van der Waals surface area (Å²) in [5.41, 5.74) is 9.97. The Morgan fingerprint density at radius 3 is 3.00 bits per heavy atom. The zero-order valence-electron chi connectivity index (χ0n) is 9.38. The topological polar surface area (TPSA) is 66.6 Å². The lowest BCUT2D eigenvalue weighted by Gasteiger charge is -1.91. The normalized spacial score (nSPS) is 10.3. The molecule has 0 radical (unpaired) electrons. The molecule has 0 atom stereocenters. The average molecular weight is 251 g/mol. The molecule has 2 heterocycles. The smallest absolute Gasteiger partial charge is 0.137 e. The summed E-state index contributed by atoms with van der Waals surface area (Å²) in [7, 11) is 1.82. The minimum atomic E-state index is -0.333. The highest BCUT2D eigenvalue weighted by Crippen LogP contribution is 2.32. The molecule has 0 aliphatic heterocycles. The van der Waals surface area contributed by atoms with Gasteiger partial charge in [-0.25, -0.2) is 4.39 Å². The molecule has 0 aliphatic carbocycles. The second-order valence-corrected chi connectivity index (χ2v) is 4.71. The molecule has 2 aromatic rings. The highest BCUT2D eigenvalue weighted by atomic mass is 32.1. The van der Waals surface area contributed by atoms with E-state index in [2.05, 4.69) is 15.1 Å². The van der Waals surface area contributed by atoms with Gasteiger partial charge in [0.2, 0.25) is 0 Å². The Kier molecular flexibility index (Phi) is 3.12. The van der Waals surface area contributed by atoms with Crippen LogP contribution in [-0.4, -0.2) is 9.78 Å². The fraction of sp³-hybridized carbons (Fsp3) is 0.300. The standard InChI is InChI=1S/C10H10FN5S/c1-6-7(5-16(2)14-6)9-3-8(11)10(17-9)4-13-15-12/h3,5H,4H2,1-2H3. The summed E-state index contributed by atoms with van der Waals surface area (Å²) in [6.45, 7) is 1.92. The van der Waals surface area contributed by atoms with Gasteiger partial charge in [-0.2, -0.15) is 5.10 Å². The van der Waals surface area contributed by atoms with Gasteiger partial charge in [0.25, 0.3) is 0 Å². The first-order valence-electron chi connectivity index (χ1n) is 4.91. The van der Waals surface area contributed by atoms with Crippen molar-refractivity contribution in [1.82, 2.24) is 9.78 Å². The minimum Gasteiger partial charge on any atom is -0.275 e. The highest BCUT2D eigenvalue weighted by molar-refractivity contribution is 7.15. The third kappa shape index (κ3) is 2.30. The van der Waals surface area contributed by atoms with E-state index in [0.29, 0.717) is 4.88 Å². The summed E-state index contributed by atoms with van der Waals surface area (Å²) in [6.07, 6.45) is 1.85. The lowest BCUT2D eigenvalue weighted by Crippen LogP contribution is -1.86. The molecule has 2 aromatic heterocycles. The molecule has 0 N–H and O–H groups in total. The second-order valence-electron chi connectivity index (χ2n) is 3.57. The molecule has 17 heavy (non-hydrogen) atoms. The predicted octanol–water partition coefficient (Wildman–Crippen LogP) is 3.41. The molecule has 0 aromatic carbocycles. The van der Waals surface area contributed by atoms with Gasteiger partial charge >= 0.3 is 0 Å². The second kappa shape index (κ2) is 4.57. The fourth-order valence-electron chi connectivity index (χ4n) is 1.58. The summed E-state index contributed by atoms with van der Waals surface area (Å²) in [4.78, 5) is 3.87. The van der Waals surface area contributed by atoms with Gasteiger partial charge in [-0.05, 0) is 18.5 Å². The van der Waals surface area contributed by atoms with E-state index in [1.54, 1.807) is 4.68 Å². The molecule has 0 unspecified atom stereocenters. The number of nitrogens with zero attached hydrogens (tertiary/aromatic N) is 5. The van der Waals surface area contributed by atoms with Crippen LogP contribution in [0.2, 0.25) is 0 Å². The van der Waals surface area contributed by atoms with Crippen LogP contribution in [0.15, 0.2) is 17.4 Å². The highest BCUT2D eigenvalue weighted by Gasteiger charge is 2.13. The quantitative estimate of drug-likeness (QED) is 0.468. The molecular formula is C10H10FN5S. The van der Waals surface area contributed by atoms with E-state index in [1.807, 2.05) is 20.2 Å². The van der Waals surface area contributed by atoms with Gasteiger partial charge < -0.3 is 0 Å². The molecule has 0 fully saturated rings. The molecule has 0 bridgehead atoms. The maximum Gasteiger partial charge on any atom is 0.137 e. The summed E-state index contributed by atoms with van der Waals surface area (Å²) in [5.74, 6) is -0.333. The van der Waals surface area contributed by atoms with Crippen molar-refractivity contribution >= 4 is 11.3 Å². The van der Waals surface area contributed by atoms with Crippen LogP contribution in [-0.2, 0) is 13.6 Å². The minimum absolute atomic E-state index is 0.0479. The van der Waals surface area contributed by atoms with Crippen molar-refractivity contribution in [2.75, 3.05) is 0 Å². The third-order valence-electron chi connectivity index (χ3n) is 2.31. The van der Waals surface area contributed by atoms with Crippen molar-refractivity contribution < 1.29 is 4.39 Å². The maximum atomic E-state index is 13.6. The number of halogens is 1. The first-order valence-corrected chi connectivity index (χ1v) is 5.73. The molecule has 0 amide bonds. The third-order valence-corrected chi connectivity index (χ3v) is 3.44. The van der Waals surface area contributed by atoms with E-state index < -0.39 is 0 Å². The molecular weight excluding hydrogens is 241 g/mol. The zero-order chi connectivity index (χ0) is 12.4. The number of aromatic nitrogens is 2. The molecule has 0 saturated carbocycles. The van der Waals surface area contributed by atoms with E-state index in [4.69, 9.17) is 5.53 Å². The number of aryl methyl sites for hydroxylation is 2. The number of thiophene rings is 1. The predicted molar refractivity (Wildman–Crippen MR) is 64.1 cm³/mol. The monoisotopic (exact) mass is 251 g/mol. The molecule has 88 valence electrons. The van der Waals surface area contributed by atoms with Gasteiger partial charge in [0.15, 0.2) is 0 Å². The Balaban J connectivity index is 2.40. The fourth-order valence-corrected chi connectivity index (χ4v) is 2.60. The van der Waals surface area contributed by atoms with Crippen molar-refractivity contribution in [3.05, 3.63) is 39.1 Å². The Morgan fingerprint density at radius 1 is 1.65 bits per heavy atom. The van der Waals surface area contributed by atoms with E-state index in [-0.39, 0.29) is 12.4 Å². The van der Waals surface area contributed by atoms with Crippen LogP contribution >= 0.6 is 11.3 Å². The van der Waals surface area contributed by atoms with Gasteiger partial charge in [0.05, 0.1) is 12.2 Å². The van der Waals surface area contributed by atoms with Crippen LogP contribution in [0.25, 0.3) is 20.9 Å². The Labute approximate surface area is 101 Å². The Morgan fingerprint density at radius 2 is 2.41 bits per heavy atom. The maximum absolute atomic E-state index is 13.6. The molecule has 0 aliphatic rings. The SMILES string of the molecule is Cc1nn(C)cc1-c1cc(F)c(CN=[N+]=[N-])s1. The van der Waals surface area contributed by atoms with Crippen molar-refractivity contribution in [3.8, 4) is 10.4 Å². The molecule has 5 nitrogen and oxygen atoms in total. The van der Waals surface area contributed by atoms with Crippen molar-refractivity contribution in [1.29, 1.82) is 0 Å². The Bertz CT molecular complexity index is 594. The summed E-state index contributed by atoms with van der Waals surface area (Å²) < 4.78 is 15.2. The van der Waals surface area contributed by atoms with Crippen LogP contribution in [0.4, 0.5) is 4.39 Å². The largest absolute Gasteiger partial charge is 0.275 e. The van der Waals surface area contributed by atoms with E-state index in [0.717, 1.165) is 16.1 Å². The van der Waals surface area contributed by atoms with Crippen LogP contribution in [0.3, 0.4) is 0 Å². The summed E-state index contributed by atoms with van der Waals surface area (Å²) in [5, 5.41) is 7.58. The molecule has 7 heteroatoms. The first kappa shape index (κ1) is 11.6. The lowest BCUT2D eigenvalue weighted by atomic mass is 10.2. The lowest BCUT2D eigenvalue weighted by molar-refractivity contribution is 0.619. The molecule has 0 spiro atoms. The summed E-state index contributed by atoms with van der Waals surface area (Å²) in [6, 6.07) is 1.46. The number of rotatable bonds is 3. The van der Waals surface area contributed by atoms with E-state index in [9.17, 15) is 4.39 Å². The van der Waals surface area contributed by atoms with Gasteiger partial charge in [0.1, 0.15) is 5.82 Å². The van der Waals surface area contributed by atoms with E-state index >= 15 is 0 Å². The zero-order valence-corrected chi connectivity index (χ0v) is 10.2. The van der Waals surface area contributed by atoms with Crippen LogP contribution < -0.4 is 0 Å². The summed E-state index contributed by atoms with van der Waals surface area (Å²) >= 11 is 1.29. The number of hydrogen-bond donors (Lipinski definition) is 0. The number of hydrogen-bond acceptors (Lipinski definition) is 3. The molecule has 0 saturated heterocycles. The Hall–Kier alpha value is -1.85. The van der Waals surface area contributed by atoms with Gasteiger partial charge in [0, 0.05) is 33.5 Å². The molecule has 2 rings (SSSR count). The van der Waals surface area contributed by atoms with Crippen molar-refractivity contribution in [2.45, 2.75) is 13.5 Å². The average Bonchev–Trinajstić information content (AvgIpc) is 2.79.